The molecule has 1 atom stereocenters. The van der Waals surface area contributed by atoms with Crippen molar-refractivity contribution < 1.29 is 28.5 Å². The van der Waals surface area contributed by atoms with Crippen LogP contribution in [0.3, 0.4) is 0 Å². The average molecular weight is 445 g/mol. The minimum atomic E-state index is -0.376. The van der Waals surface area contributed by atoms with E-state index in [1.165, 1.54) is 12.8 Å². The predicted octanol–water partition coefficient (Wildman–Crippen LogP) is 5.71. The molecule has 3 fully saturated rings. The maximum atomic E-state index is 12.9. The van der Waals surface area contributed by atoms with Gasteiger partial charge in [-0.05, 0) is 94.4 Å². The van der Waals surface area contributed by atoms with Gasteiger partial charge >= 0.3 is 11.9 Å². The van der Waals surface area contributed by atoms with Gasteiger partial charge in [-0.2, -0.15) is 0 Å². The van der Waals surface area contributed by atoms with Gasteiger partial charge in [-0.3, -0.25) is 0 Å². The van der Waals surface area contributed by atoms with E-state index in [-0.39, 0.29) is 37.0 Å². The average Bonchev–Trinajstić information content (AvgIpc) is 2.84. The van der Waals surface area contributed by atoms with Gasteiger partial charge in [0, 0.05) is 6.61 Å². The first-order chi connectivity index (χ1) is 15.7. The number of ether oxygens (including phenoxy) is 4. The molecular formula is C26H36O6. The van der Waals surface area contributed by atoms with Crippen molar-refractivity contribution in [1.29, 1.82) is 0 Å². The van der Waals surface area contributed by atoms with E-state index in [1.807, 2.05) is 0 Å². The van der Waals surface area contributed by atoms with E-state index in [0.29, 0.717) is 17.7 Å². The fraction of sp³-hybridized carbons (Fsp3) is 0.692. The standard InChI is InChI=1S/C26H36O6/c27-25(31-22-9-3-1-4-10-22)20-15-19(18-30-24-13-7-8-14-29-24)16-21(17-20)26(28)32-23-11-5-2-6-12-23/h15-17,22-24H,1-14,18H2. The third-order valence-electron chi connectivity index (χ3n) is 6.69. The van der Waals surface area contributed by atoms with Gasteiger partial charge in [-0.25, -0.2) is 9.59 Å². The lowest BCUT2D eigenvalue weighted by Crippen LogP contribution is -2.23. The Kier molecular flexibility index (Phi) is 8.57. The van der Waals surface area contributed by atoms with Crippen LogP contribution >= 0.6 is 0 Å². The highest BCUT2D eigenvalue weighted by atomic mass is 16.7. The van der Waals surface area contributed by atoms with Crippen LogP contribution in [0, 0.1) is 0 Å². The van der Waals surface area contributed by atoms with Gasteiger partial charge in [-0.15, -0.1) is 0 Å². The first-order valence-corrected chi connectivity index (χ1v) is 12.5. The van der Waals surface area contributed by atoms with Crippen molar-refractivity contribution in [1.82, 2.24) is 0 Å². The highest BCUT2D eigenvalue weighted by molar-refractivity contribution is 5.95. The van der Waals surface area contributed by atoms with Gasteiger partial charge in [0.1, 0.15) is 12.2 Å². The van der Waals surface area contributed by atoms with Crippen molar-refractivity contribution in [2.75, 3.05) is 6.61 Å². The molecule has 0 radical (unpaired) electrons. The summed E-state index contributed by atoms with van der Waals surface area (Å²) in [5.41, 5.74) is 1.53. The molecule has 0 bridgehead atoms. The zero-order chi connectivity index (χ0) is 22.2. The number of carbonyl (C=O) groups excluding carboxylic acids is 2. The topological polar surface area (TPSA) is 71.1 Å². The molecule has 1 unspecified atom stereocenters. The summed E-state index contributed by atoms with van der Waals surface area (Å²) in [6.07, 6.45) is 13.1. The van der Waals surface area contributed by atoms with Crippen LogP contribution in [0.1, 0.15) is 110 Å². The van der Waals surface area contributed by atoms with Crippen molar-refractivity contribution in [3.63, 3.8) is 0 Å². The highest BCUT2D eigenvalue weighted by Gasteiger charge is 2.23. The van der Waals surface area contributed by atoms with Crippen LogP contribution in [0.5, 0.6) is 0 Å². The van der Waals surface area contributed by atoms with Crippen LogP contribution < -0.4 is 0 Å². The maximum absolute atomic E-state index is 12.9. The number of esters is 2. The van der Waals surface area contributed by atoms with Crippen LogP contribution in [0.2, 0.25) is 0 Å². The van der Waals surface area contributed by atoms with Crippen LogP contribution in [-0.4, -0.2) is 37.0 Å². The Balaban J connectivity index is 1.47. The molecule has 0 spiro atoms. The third kappa shape index (κ3) is 6.79. The molecule has 0 N–H and O–H groups in total. The second-order valence-corrected chi connectivity index (χ2v) is 9.36. The fourth-order valence-electron chi connectivity index (χ4n) is 4.85. The number of hydrogen-bond acceptors (Lipinski definition) is 6. The van der Waals surface area contributed by atoms with Gasteiger partial charge in [0.25, 0.3) is 0 Å². The summed E-state index contributed by atoms with van der Waals surface area (Å²) in [5, 5.41) is 0. The van der Waals surface area contributed by atoms with Crippen molar-refractivity contribution >= 4 is 11.9 Å². The van der Waals surface area contributed by atoms with E-state index in [4.69, 9.17) is 18.9 Å². The lowest BCUT2D eigenvalue weighted by Gasteiger charge is -2.24. The summed E-state index contributed by atoms with van der Waals surface area (Å²) in [7, 11) is 0. The molecule has 1 aliphatic heterocycles. The quantitative estimate of drug-likeness (QED) is 0.502. The fourth-order valence-corrected chi connectivity index (χ4v) is 4.85. The number of benzene rings is 1. The van der Waals surface area contributed by atoms with E-state index < -0.39 is 0 Å². The number of rotatable bonds is 7. The summed E-state index contributed by atoms with van der Waals surface area (Å²) in [6, 6.07) is 5.15. The van der Waals surface area contributed by atoms with Gasteiger partial charge in [0.05, 0.1) is 17.7 Å². The zero-order valence-corrected chi connectivity index (χ0v) is 19.0. The SMILES string of the molecule is O=C(OC1CCCCC1)c1cc(COC2CCCCO2)cc(C(=O)OC2CCCCC2)c1. The minimum absolute atomic E-state index is 0.0376. The molecule has 4 rings (SSSR count). The van der Waals surface area contributed by atoms with Gasteiger partial charge in [0.2, 0.25) is 0 Å². The smallest absolute Gasteiger partial charge is 0.338 e. The van der Waals surface area contributed by atoms with Crippen LogP contribution in [0.25, 0.3) is 0 Å². The van der Waals surface area contributed by atoms with Gasteiger partial charge in [-0.1, -0.05) is 12.8 Å². The van der Waals surface area contributed by atoms with Crippen molar-refractivity contribution in [2.24, 2.45) is 0 Å². The van der Waals surface area contributed by atoms with E-state index in [2.05, 4.69) is 0 Å². The molecular weight excluding hydrogens is 408 g/mol. The third-order valence-corrected chi connectivity index (χ3v) is 6.69. The van der Waals surface area contributed by atoms with E-state index in [9.17, 15) is 9.59 Å². The molecule has 1 aromatic rings. The molecule has 0 aromatic heterocycles. The highest BCUT2D eigenvalue weighted by Crippen LogP contribution is 2.25. The molecule has 176 valence electrons. The zero-order valence-electron chi connectivity index (χ0n) is 19.0. The van der Waals surface area contributed by atoms with Crippen molar-refractivity contribution in [2.45, 2.75) is 109 Å². The van der Waals surface area contributed by atoms with Crippen LogP contribution in [0.4, 0.5) is 0 Å². The maximum Gasteiger partial charge on any atom is 0.338 e. The Morgan fingerprint density at radius 2 is 1.25 bits per heavy atom. The molecule has 3 aliphatic rings. The number of hydrogen-bond donors (Lipinski definition) is 0. The largest absolute Gasteiger partial charge is 0.459 e. The molecule has 2 aliphatic carbocycles. The summed E-state index contributed by atoms with van der Waals surface area (Å²) >= 11 is 0. The Morgan fingerprint density at radius 1 is 0.719 bits per heavy atom. The lowest BCUT2D eigenvalue weighted by atomic mass is 9.97. The molecule has 0 amide bonds. The molecule has 6 heteroatoms. The Bertz CT molecular complexity index is 707. The first-order valence-electron chi connectivity index (χ1n) is 12.5. The Morgan fingerprint density at radius 3 is 1.75 bits per heavy atom. The monoisotopic (exact) mass is 444 g/mol. The second kappa shape index (κ2) is 11.8. The second-order valence-electron chi connectivity index (χ2n) is 9.36. The Hall–Kier alpha value is -1.92. The molecule has 6 nitrogen and oxygen atoms in total. The van der Waals surface area contributed by atoms with Crippen molar-refractivity contribution in [3.8, 4) is 0 Å². The normalized spacial score (nSPS) is 22.9. The lowest BCUT2D eigenvalue weighted by molar-refractivity contribution is -0.168. The molecule has 32 heavy (non-hydrogen) atoms. The van der Waals surface area contributed by atoms with E-state index in [0.717, 1.165) is 76.2 Å². The summed E-state index contributed by atoms with van der Waals surface area (Å²) < 4.78 is 23.1. The minimum Gasteiger partial charge on any atom is -0.459 e. The van der Waals surface area contributed by atoms with Gasteiger partial charge in [0.15, 0.2) is 6.29 Å². The van der Waals surface area contributed by atoms with Crippen LogP contribution in [0.15, 0.2) is 18.2 Å². The molecule has 1 saturated heterocycles. The predicted molar refractivity (Wildman–Crippen MR) is 119 cm³/mol. The van der Waals surface area contributed by atoms with Crippen molar-refractivity contribution in [3.05, 3.63) is 34.9 Å². The summed E-state index contributed by atoms with van der Waals surface area (Å²) in [6.45, 7) is 0.982. The summed E-state index contributed by atoms with van der Waals surface area (Å²) in [5.74, 6) is -0.751. The Labute approximate surface area is 190 Å². The van der Waals surface area contributed by atoms with E-state index in [1.54, 1.807) is 18.2 Å². The first kappa shape index (κ1) is 23.2. The van der Waals surface area contributed by atoms with Crippen LogP contribution in [-0.2, 0) is 25.6 Å². The van der Waals surface area contributed by atoms with Gasteiger partial charge < -0.3 is 18.9 Å². The summed E-state index contributed by atoms with van der Waals surface area (Å²) in [4.78, 5) is 25.8. The molecule has 2 saturated carbocycles. The number of carbonyl (C=O) groups is 2. The molecule has 1 aromatic carbocycles. The van der Waals surface area contributed by atoms with E-state index >= 15 is 0 Å². The molecule has 1 heterocycles.